The minimum absolute atomic E-state index is 0.0449. The Labute approximate surface area is 145 Å². The summed E-state index contributed by atoms with van der Waals surface area (Å²) in [6, 6.07) is 5.54. The van der Waals surface area contributed by atoms with Crippen LogP contribution in [0.3, 0.4) is 0 Å². The number of esters is 1. The highest BCUT2D eigenvalue weighted by Crippen LogP contribution is 2.36. The van der Waals surface area contributed by atoms with Crippen LogP contribution in [0.5, 0.6) is 0 Å². The Bertz CT molecular complexity index is 722. The zero-order chi connectivity index (χ0) is 16.4. The Kier molecular flexibility index (Phi) is 5.50. The average Bonchev–Trinajstić information content (AvgIpc) is 2.49. The van der Waals surface area contributed by atoms with E-state index in [2.05, 4.69) is 4.98 Å². The van der Waals surface area contributed by atoms with E-state index in [0.717, 1.165) is 0 Å². The fourth-order valence-electron chi connectivity index (χ4n) is 1.64. The lowest BCUT2D eigenvalue weighted by atomic mass is 10.1. The molecule has 116 valence electrons. The van der Waals surface area contributed by atoms with E-state index in [1.54, 1.807) is 6.92 Å². The van der Waals surface area contributed by atoms with Crippen molar-refractivity contribution < 1.29 is 13.9 Å². The van der Waals surface area contributed by atoms with Crippen LogP contribution >= 0.6 is 46.4 Å². The van der Waals surface area contributed by atoms with Gasteiger partial charge >= 0.3 is 5.97 Å². The number of ether oxygens (including phenoxy) is 1. The molecule has 0 amide bonds. The number of nitrogens with zero attached hydrogens (tertiary/aromatic N) is 1. The van der Waals surface area contributed by atoms with Crippen molar-refractivity contribution in [1.29, 1.82) is 0 Å². The number of rotatable bonds is 3. The number of aromatic nitrogens is 1. The molecular formula is C14H8Cl4FNO2. The van der Waals surface area contributed by atoms with Crippen LogP contribution in [0.1, 0.15) is 29.1 Å². The van der Waals surface area contributed by atoms with E-state index in [1.807, 2.05) is 0 Å². The highest BCUT2D eigenvalue weighted by atomic mass is 35.5. The first-order chi connectivity index (χ1) is 10.3. The lowest BCUT2D eigenvalue weighted by molar-refractivity contribution is 0.0331. The van der Waals surface area contributed by atoms with Crippen molar-refractivity contribution >= 4 is 52.4 Å². The van der Waals surface area contributed by atoms with Crippen LogP contribution in [0.2, 0.25) is 20.2 Å². The highest BCUT2D eigenvalue weighted by Gasteiger charge is 2.23. The third kappa shape index (κ3) is 3.63. The van der Waals surface area contributed by atoms with Gasteiger partial charge in [0.05, 0.1) is 15.1 Å². The van der Waals surface area contributed by atoms with E-state index < -0.39 is 12.1 Å². The van der Waals surface area contributed by atoms with Crippen LogP contribution in [-0.2, 0) is 4.74 Å². The van der Waals surface area contributed by atoms with Crippen molar-refractivity contribution in [3.8, 4) is 0 Å². The van der Waals surface area contributed by atoms with E-state index in [-0.39, 0.29) is 31.7 Å². The molecule has 0 N–H and O–H groups in total. The Morgan fingerprint density at radius 1 is 1.09 bits per heavy atom. The van der Waals surface area contributed by atoms with Gasteiger partial charge in [-0.2, -0.15) is 0 Å². The molecular weight excluding hydrogens is 375 g/mol. The van der Waals surface area contributed by atoms with Gasteiger partial charge in [-0.15, -0.1) is 0 Å². The second kappa shape index (κ2) is 7.01. The van der Waals surface area contributed by atoms with Crippen molar-refractivity contribution in [1.82, 2.24) is 4.98 Å². The molecule has 2 rings (SSSR count). The number of hydrogen-bond donors (Lipinski definition) is 0. The molecule has 3 nitrogen and oxygen atoms in total. The molecule has 1 aromatic carbocycles. The van der Waals surface area contributed by atoms with Crippen LogP contribution in [0.4, 0.5) is 4.39 Å². The van der Waals surface area contributed by atoms with Crippen molar-refractivity contribution in [2.75, 3.05) is 0 Å². The molecule has 0 aliphatic carbocycles. The van der Waals surface area contributed by atoms with Crippen molar-refractivity contribution in [2.45, 2.75) is 13.0 Å². The first kappa shape index (κ1) is 17.3. The Hall–Kier alpha value is -1.07. The molecule has 1 aromatic heterocycles. The summed E-state index contributed by atoms with van der Waals surface area (Å²) in [7, 11) is 0. The maximum Gasteiger partial charge on any atom is 0.359 e. The second-order valence-electron chi connectivity index (χ2n) is 4.29. The van der Waals surface area contributed by atoms with Crippen molar-refractivity contribution in [3.05, 3.63) is 61.6 Å². The Balaban J connectivity index is 2.24. The molecule has 1 heterocycles. The predicted molar refractivity (Wildman–Crippen MR) is 84.5 cm³/mol. The van der Waals surface area contributed by atoms with Gasteiger partial charge in [0.1, 0.15) is 17.1 Å². The van der Waals surface area contributed by atoms with E-state index in [0.29, 0.717) is 5.56 Å². The van der Waals surface area contributed by atoms with E-state index >= 15 is 0 Å². The molecule has 0 unspecified atom stereocenters. The quantitative estimate of drug-likeness (QED) is 0.501. The number of carbonyl (C=O) groups is 1. The summed E-state index contributed by atoms with van der Waals surface area (Å²) in [5.41, 5.74) is 0.368. The molecule has 0 aliphatic rings. The fraction of sp³-hybridized carbons (Fsp3) is 0.143. The summed E-state index contributed by atoms with van der Waals surface area (Å²) in [6.07, 6.45) is -0.640. The largest absolute Gasteiger partial charge is 0.453 e. The molecule has 0 fully saturated rings. The van der Waals surface area contributed by atoms with Crippen LogP contribution in [0, 0.1) is 5.82 Å². The van der Waals surface area contributed by atoms with Gasteiger partial charge < -0.3 is 4.74 Å². The number of pyridine rings is 1. The number of carbonyl (C=O) groups excluding carboxylic acids is 1. The zero-order valence-electron chi connectivity index (χ0n) is 11.0. The number of benzene rings is 1. The molecule has 0 bridgehead atoms. The Morgan fingerprint density at radius 2 is 1.68 bits per heavy atom. The fourth-order valence-corrected chi connectivity index (χ4v) is 2.45. The summed E-state index contributed by atoms with van der Waals surface area (Å²) < 4.78 is 18.1. The lowest BCUT2D eigenvalue weighted by Crippen LogP contribution is -2.12. The summed E-state index contributed by atoms with van der Waals surface area (Å²) >= 11 is 23.3. The van der Waals surface area contributed by atoms with Gasteiger partial charge in [0.2, 0.25) is 0 Å². The highest BCUT2D eigenvalue weighted by molar-refractivity contribution is 6.52. The molecule has 0 saturated heterocycles. The molecule has 22 heavy (non-hydrogen) atoms. The first-order valence-corrected chi connectivity index (χ1v) is 7.49. The summed E-state index contributed by atoms with van der Waals surface area (Å²) in [5.74, 6) is -1.20. The molecule has 0 spiro atoms. The van der Waals surface area contributed by atoms with Crippen LogP contribution < -0.4 is 0 Å². The monoisotopic (exact) mass is 381 g/mol. The SMILES string of the molecule is C[C@@H](OC(=O)c1nc(Cl)c(Cl)c(Cl)c1Cl)c1ccc(F)cc1. The van der Waals surface area contributed by atoms with Gasteiger partial charge in [0.25, 0.3) is 0 Å². The molecule has 8 heteroatoms. The van der Waals surface area contributed by atoms with Gasteiger partial charge in [0, 0.05) is 0 Å². The minimum Gasteiger partial charge on any atom is -0.453 e. The minimum atomic E-state index is -0.817. The van der Waals surface area contributed by atoms with Crippen molar-refractivity contribution in [2.24, 2.45) is 0 Å². The summed E-state index contributed by atoms with van der Waals surface area (Å²) in [5, 5.41) is -0.425. The van der Waals surface area contributed by atoms with Gasteiger partial charge in [-0.05, 0) is 24.6 Å². The number of halogens is 5. The standard InChI is InChI=1S/C14H8Cl4FNO2/c1-6(7-2-4-8(19)5-3-7)22-14(21)12-10(16)9(15)11(17)13(18)20-12/h2-6H,1H3/t6-/m1/s1. The molecule has 0 aliphatic heterocycles. The smallest absolute Gasteiger partial charge is 0.359 e. The Morgan fingerprint density at radius 3 is 2.27 bits per heavy atom. The van der Waals surface area contributed by atoms with Gasteiger partial charge in [-0.25, -0.2) is 14.2 Å². The summed E-state index contributed by atoms with van der Waals surface area (Å²) in [4.78, 5) is 15.9. The maximum atomic E-state index is 12.9. The van der Waals surface area contributed by atoms with E-state index in [9.17, 15) is 9.18 Å². The topological polar surface area (TPSA) is 39.2 Å². The van der Waals surface area contributed by atoms with Crippen LogP contribution in [0.15, 0.2) is 24.3 Å². The normalized spacial score (nSPS) is 12.1. The maximum absolute atomic E-state index is 12.9. The van der Waals surface area contributed by atoms with Crippen molar-refractivity contribution in [3.63, 3.8) is 0 Å². The average molecular weight is 383 g/mol. The predicted octanol–water partition coefficient (Wildman–Crippen LogP) is 5.75. The molecule has 1 atom stereocenters. The first-order valence-electron chi connectivity index (χ1n) is 5.97. The third-order valence-electron chi connectivity index (χ3n) is 2.80. The zero-order valence-corrected chi connectivity index (χ0v) is 14.1. The van der Waals surface area contributed by atoms with Gasteiger partial charge in [0.15, 0.2) is 5.69 Å². The molecule has 2 aromatic rings. The van der Waals surface area contributed by atoms with E-state index in [1.165, 1.54) is 24.3 Å². The van der Waals surface area contributed by atoms with Crippen LogP contribution in [-0.4, -0.2) is 11.0 Å². The van der Waals surface area contributed by atoms with Gasteiger partial charge in [-0.1, -0.05) is 58.5 Å². The van der Waals surface area contributed by atoms with Gasteiger partial charge in [-0.3, -0.25) is 0 Å². The lowest BCUT2D eigenvalue weighted by Gasteiger charge is -2.14. The summed E-state index contributed by atoms with van der Waals surface area (Å²) in [6.45, 7) is 1.62. The number of hydrogen-bond acceptors (Lipinski definition) is 3. The van der Waals surface area contributed by atoms with Crippen LogP contribution in [0.25, 0.3) is 0 Å². The second-order valence-corrected chi connectivity index (χ2v) is 5.78. The molecule has 0 radical (unpaired) electrons. The molecule has 0 saturated carbocycles. The van der Waals surface area contributed by atoms with E-state index in [4.69, 9.17) is 51.1 Å². The third-order valence-corrected chi connectivity index (χ3v) is 4.48.